The van der Waals surface area contributed by atoms with Gasteiger partial charge in [-0.25, -0.2) is 14.8 Å². The number of carbonyl (C=O) groups is 1. The van der Waals surface area contributed by atoms with Crippen LogP contribution in [-0.2, 0) is 4.74 Å². The minimum absolute atomic E-state index is 0. The van der Waals surface area contributed by atoms with Crippen LogP contribution in [0.1, 0.15) is 27.2 Å². The van der Waals surface area contributed by atoms with E-state index in [0.717, 1.165) is 70.7 Å². The average Bonchev–Trinajstić information content (AvgIpc) is 3.19. The number of amides is 1. The molecule has 0 aliphatic carbocycles. The van der Waals surface area contributed by atoms with Crippen LogP contribution in [0, 0.1) is 0 Å². The van der Waals surface area contributed by atoms with Crippen molar-refractivity contribution >= 4 is 42.0 Å². The number of piperazine rings is 1. The van der Waals surface area contributed by atoms with Crippen LogP contribution >= 0.6 is 24.0 Å². The van der Waals surface area contributed by atoms with Gasteiger partial charge in [0.25, 0.3) is 0 Å². The molecule has 10 nitrogen and oxygen atoms in total. The summed E-state index contributed by atoms with van der Waals surface area (Å²) < 4.78 is 5.36. The molecule has 1 aromatic heterocycles. The highest BCUT2D eigenvalue weighted by Gasteiger charge is 2.28. The van der Waals surface area contributed by atoms with E-state index in [2.05, 4.69) is 40.3 Å². The molecule has 0 spiro atoms. The molecule has 1 unspecified atom stereocenters. The first-order valence-corrected chi connectivity index (χ1v) is 11.0. The van der Waals surface area contributed by atoms with Crippen LogP contribution in [0.4, 0.5) is 10.7 Å². The number of alkyl carbamates (subject to hydrolysis) is 1. The maximum Gasteiger partial charge on any atom is 0.407 e. The Morgan fingerprint density at radius 1 is 1.19 bits per heavy atom. The van der Waals surface area contributed by atoms with Crippen molar-refractivity contribution in [3.63, 3.8) is 0 Å². The van der Waals surface area contributed by atoms with Gasteiger partial charge in [-0.05, 0) is 33.3 Å². The van der Waals surface area contributed by atoms with Crippen LogP contribution in [-0.4, -0.2) is 103 Å². The predicted molar refractivity (Wildman–Crippen MR) is 137 cm³/mol. The van der Waals surface area contributed by atoms with Gasteiger partial charge in [-0.3, -0.25) is 9.89 Å². The Morgan fingerprint density at radius 3 is 2.50 bits per heavy atom. The maximum atomic E-state index is 12.0. The Bertz CT molecular complexity index is 735. The van der Waals surface area contributed by atoms with Crippen molar-refractivity contribution in [1.82, 2.24) is 30.4 Å². The number of hydrogen-bond donors (Lipinski definition) is 2. The number of anilines is 1. The van der Waals surface area contributed by atoms with E-state index in [1.165, 1.54) is 0 Å². The fraction of sp³-hybridized carbons (Fsp3) is 0.714. The van der Waals surface area contributed by atoms with Gasteiger partial charge in [0, 0.05) is 71.8 Å². The zero-order valence-corrected chi connectivity index (χ0v) is 21.9. The fourth-order valence-electron chi connectivity index (χ4n) is 3.83. The van der Waals surface area contributed by atoms with Gasteiger partial charge in [0.15, 0.2) is 5.96 Å². The summed E-state index contributed by atoms with van der Waals surface area (Å²) in [6, 6.07) is 1.91. The number of ether oxygens (including phenoxy) is 1. The van der Waals surface area contributed by atoms with Crippen molar-refractivity contribution in [1.29, 1.82) is 0 Å². The fourth-order valence-corrected chi connectivity index (χ4v) is 3.83. The monoisotopic (exact) mass is 560 g/mol. The standard InChI is InChI=1S/C21H36N8O2.HI/c1-21(2,3)31-20(30)26-17-6-10-29(16-17)18(22-4)25-9-11-27-12-14-28(15-13-27)19-23-7-5-8-24-19;/h5,7-8,17H,6,9-16H2,1-4H3,(H,22,25)(H,26,30);1H. The second kappa shape index (κ2) is 12.4. The number of hydrogen-bond acceptors (Lipinski definition) is 7. The molecule has 3 heterocycles. The van der Waals surface area contributed by atoms with Crippen molar-refractivity contribution < 1.29 is 9.53 Å². The predicted octanol–water partition coefficient (Wildman–Crippen LogP) is 1.39. The number of nitrogens with one attached hydrogen (secondary N) is 2. The topological polar surface area (TPSA) is 98.2 Å². The summed E-state index contributed by atoms with van der Waals surface area (Å²) in [7, 11) is 1.80. The molecule has 0 aromatic carbocycles. The molecule has 2 fully saturated rings. The first-order chi connectivity index (χ1) is 14.8. The molecule has 0 bridgehead atoms. The highest BCUT2D eigenvalue weighted by molar-refractivity contribution is 14.0. The lowest BCUT2D eigenvalue weighted by Crippen LogP contribution is -2.50. The maximum absolute atomic E-state index is 12.0. The van der Waals surface area contributed by atoms with Crippen molar-refractivity contribution in [2.24, 2.45) is 4.99 Å². The van der Waals surface area contributed by atoms with Crippen LogP contribution in [0.15, 0.2) is 23.5 Å². The summed E-state index contributed by atoms with van der Waals surface area (Å²) in [5.41, 5.74) is -0.487. The highest BCUT2D eigenvalue weighted by Crippen LogP contribution is 2.12. The lowest BCUT2D eigenvalue weighted by Gasteiger charge is -2.34. The SMILES string of the molecule is CN=C(NCCN1CCN(c2ncccn2)CC1)N1CCC(NC(=O)OC(C)(C)C)C1.I. The minimum atomic E-state index is -0.487. The van der Waals surface area contributed by atoms with Crippen LogP contribution in [0.3, 0.4) is 0 Å². The van der Waals surface area contributed by atoms with Crippen molar-refractivity contribution in [2.45, 2.75) is 38.8 Å². The summed E-state index contributed by atoms with van der Waals surface area (Å²) in [6.07, 6.45) is 4.10. The smallest absolute Gasteiger partial charge is 0.407 e. The Balaban J connectivity index is 0.00000363. The zero-order chi connectivity index (χ0) is 22.3. The third-order valence-electron chi connectivity index (χ3n) is 5.34. The summed E-state index contributed by atoms with van der Waals surface area (Å²) in [4.78, 5) is 32.0. The number of aliphatic imine (C=N–C) groups is 1. The van der Waals surface area contributed by atoms with Gasteiger partial charge < -0.3 is 25.2 Å². The Labute approximate surface area is 208 Å². The quantitative estimate of drug-likeness (QED) is 0.317. The minimum Gasteiger partial charge on any atom is -0.444 e. The van der Waals surface area contributed by atoms with E-state index in [0.29, 0.717) is 0 Å². The molecule has 2 aliphatic heterocycles. The van der Waals surface area contributed by atoms with Crippen molar-refractivity contribution in [3.8, 4) is 0 Å². The zero-order valence-electron chi connectivity index (χ0n) is 19.6. The van der Waals surface area contributed by atoms with Crippen LogP contribution in [0.25, 0.3) is 0 Å². The molecule has 1 amide bonds. The van der Waals surface area contributed by atoms with Crippen molar-refractivity contribution in [3.05, 3.63) is 18.5 Å². The largest absolute Gasteiger partial charge is 0.444 e. The second-order valence-corrected chi connectivity index (χ2v) is 8.93. The third kappa shape index (κ3) is 8.23. The van der Waals surface area contributed by atoms with Gasteiger partial charge in [0.05, 0.1) is 6.04 Å². The molecule has 32 heavy (non-hydrogen) atoms. The number of nitrogens with zero attached hydrogens (tertiary/aromatic N) is 6. The van der Waals surface area contributed by atoms with E-state index in [4.69, 9.17) is 4.74 Å². The van der Waals surface area contributed by atoms with Gasteiger partial charge in [-0.2, -0.15) is 0 Å². The van der Waals surface area contributed by atoms with E-state index >= 15 is 0 Å². The van der Waals surface area contributed by atoms with E-state index in [1.807, 2.05) is 26.8 Å². The van der Waals surface area contributed by atoms with E-state index < -0.39 is 5.60 Å². The lowest BCUT2D eigenvalue weighted by atomic mass is 10.2. The molecular weight excluding hydrogens is 523 g/mol. The molecular formula is C21H37IN8O2. The normalized spacial score (nSPS) is 20.0. The Kier molecular flexibility index (Phi) is 10.2. The lowest BCUT2D eigenvalue weighted by molar-refractivity contribution is 0.0507. The molecule has 2 aliphatic rings. The number of likely N-dealkylation sites (tertiary alicyclic amines) is 1. The first kappa shape index (κ1) is 26.4. The number of guanidine groups is 1. The Morgan fingerprint density at radius 2 is 1.88 bits per heavy atom. The number of aromatic nitrogens is 2. The van der Waals surface area contributed by atoms with Gasteiger partial charge in [-0.15, -0.1) is 24.0 Å². The number of halogens is 1. The van der Waals surface area contributed by atoms with Crippen molar-refractivity contribution in [2.75, 3.05) is 64.3 Å². The van der Waals surface area contributed by atoms with Gasteiger partial charge in [0.1, 0.15) is 5.60 Å². The number of carbonyl (C=O) groups excluding carboxylic acids is 1. The molecule has 11 heteroatoms. The van der Waals surface area contributed by atoms with Gasteiger partial charge >= 0.3 is 6.09 Å². The van der Waals surface area contributed by atoms with Gasteiger partial charge in [-0.1, -0.05) is 0 Å². The first-order valence-electron chi connectivity index (χ1n) is 11.0. The molecule has 180 valence electrons. The Hall–Kier alpha value is -1.89. The van der Waals surface area contributed by atoms with Crippen LogP contribution in [0.5, 0.6) is 0 Å². The molecule has 1 atom stereocenters. The summed E-state index contributed by atoms with van der Waals surface area (Å²) >= 11 is 0. The van der Waals surface area contributed by atoms with Gasteiger partial charge in [0.2, 0.25) is 5.95 Å². The highest BCUT2D eigenvalue weighted by atomic mass is 127. The third-order valence-corrected chi connectivity index (χ3v) is 5.34. The summed E-state index contributed by atoms with van der Waals surface area (Å²) in [5, 5.41) is 6.43. The molecule has 2 saturated heterocycles. The van der Waals surface area contributed by atoms with Crippen LogP contribution in [0.2, 0.25) is 0 Å². The van der Waals surface area contributed by atoms with Crippen LogP contribution < -0.4 is 15.5 Å². The molecule has 2 N–H and O–H groups in total. The summed E-state index contributed by atoms with van der Waals surface area (Å²) in [6.45, 7) is 12.8. The average molecular weight is 560 g/mol. The molecule has 0 saturated carbocycles. The number of rotatable bonds is 5. The molecule has 3 rings (SSSR count). The molecule has 0 radical (unpaired) electrons. The van der Waals surface area contributed by atoms with E-state index in [-0.39, 0.29) is 36.1 Å². The van der Waals surface area contributed by atoms with E-state index in [1.54, 1.807) is 19.4 Å². The van der Waals surface area contributed by atoms with E-state index in [9.17, 15) is 4.79 Å². The second-order valence-electron chi connectivity index (χ2n) is 8.93. The summed E-state index contributed by atoms with van der Waals surface area (Å²) in [5.74, 6) is 1.69. The molecule has 1 aromatic rings.